The second-order valence-corrected chi connectivity index (χ2v) is 5.41. The lowest BCUT2D eigenvalue weighted by Crippen LogP contribution is -2.32. The molecule has 1 aliphatic rings. The van der Waals surface area contributed by atoms with E-state index in [4.69, 9.17) is 4.42 Å². The number of carbonyl (C=O) groups excluding carboxylic acids is 1. The van der Waals surface area contributed by atoms with Gasteiger partial charge in [-0.2, -0.15) is 0 Å². The number of amides is 1. The SMILES string of the molecule is O=C(c1ccc(Br)o1)N(Cc1ccncc1)C1CC1. The Balaban J connectivity index is 1.79. The molecule has 1 aliphatic carbocycles. The summed E-state index contributed by atoms with van der Waals surface area (Å²) in [6, 6.07) is 7.64. The van der Waals surface area contributed by atoms with Gasteiger partial charge < -0.3 is 9.32 Å². The third-order valence-corrected chi connectivity index (χ3v) is 3.56. The molecule has 0 N–H and O–H groups in total. The van der Waals surface area contributed by atoms with E-state index in [0.29, 0.717) is 23.0 Å². The topological polar surface area (TPSA) is 46.3 Å². The Bertz CT molecular complexity index is 578. The number of rotatable bonds is 4. The summed E-state index contributed by atoms with van der Waals surface area (Å²) in [6.07, 6.45) is 5.63. The normalized spacial score (nSPS) is 14.4. The van der Waals surface area contributed by atoms with E-state index in [1.165, 1.54) is 0 Å². The quantitative estimate of drug-likeness (QED) is 0.868. The summed E-state index contributed by atoms with van der Waals surface area (Å²) in [5, 5.41) is 0. The molecule has 19 heavy (non-hydrogen) atoms. The minimum Gasteiger partial charge on any atom is -0.444 e. The highest BCUT2D eigenvalue weighted by molar-refractivity contribution is 9.10. The van der Waals surface area contributed by atoms with Crippen LogP contribution < -0.4 is 0 Å². The zero-order valence-electron chi connectivity index (χ0n) is 10.3. The van der Waals surface area contributed by atoms with E-state index in [1.54, 1.807) is 24.5 Å². The number of pyridine rings is 1. The third kappa shape index (κ3) is 2.87. The molecule has 4 nitrogen and oxygen atoms in total. The molecule has 0 atom stereocenters. The first-order valence-electron chi connectivity index (χ1n) is 6.19. The lowest BCUT2D eigenvalue weighted by Gasteiger charge is -2.21. The molecule has 1 amide bonds. The summed E-state index contributed by atoms with van der Waals surface area (Å²) in [5.74, 6) is 0.331. The molecule has 0 aromatic carbocycles. The van der Waals surface area contributed by atoms with Crippen molar-refractivity contribution in [3.05, 3.63) is 52.7 Å². The molecule has 2 aromatic rings. The van der Waals surface area contributed by atoms with Gasteiger partial charge in [-0.1, -0.05) is 0 Å². The molecule has 1 saturated carbocycles. The van der Waals surface area contributed by atoms with Crippen molar-refractivity contribution < 1.29 is 9.21 Å². The van der Waals surface area contributed by atoms with Crippen molar-refractivity contribution in [2.45, 2.75) is 25.4 Å². The van der Waals surface area contributed by atoms with Crippen LogP contribution in [0.15, 0.2) is 45.7 Å². The van der Waals surface area contributed by atoms with Crippen molar-refractivity contribution in [3.63, 3.8) is 0 Å². The monoisotopic (exact) mass is 320 g/mol. The fourth-order valence-electron chi connectivity index (χ4n) is 2.01. The van der Waals surface area contributed by atoms with E-state index in [-0.39, 0.29) is 5.91 Å². The maximum Gasteiger partial charge on any atom is 0.290 e. The maximum atomic E-state index is 12.4. The molecule has 0 spiro atoms. The van der Waals surface area contributed by atoms with Crippen molar-refractivity contribution >= 4 is 21.8 Å². The highest BCUT2D eigenvalue weighted by atomic mass is 79.9. The van der Waals surface area contributed by atoms with Gasteiger partial charge in [-0.25, -0.2) is 0 Å². The van der Waals surface area contributed by atoms with Gasteiger partial charge in [0.1, 0.15) is 0 Å². The molecular weight excluding hydrogens is 308 g/mol. The second-order valence-electron chi connectivity index (χ2n) is 4.62. The summed E-state index contributed by atoms with van der Waals surface area (Å²) in [4.78, 5) is 18.3. The number of carbonyl (C=O) groups is 1. The van der Waals surface area contributed by atoms with Crippen LogP contribution in [-0.4, -0.2) is 21.8 Å². The van der Waals surface area contributed by atoms with Crippen LogP contribution in [-0.2, 0) is 6.54 Å². The Morgan fingerprint density at radius 3 is 2.63 bits per heavy atom. The summed E-state index contributed by atoms with van der Waals surface area (Å²) in [5.41, 5.74) is 1.08. The van der Waals surface area contributed by atoms with Crippen molar-refractivity contribution in [1.82, 2.24) is 9.88 Å². The molecule has 2 aromatic heterocycles. The second kappa shape index (κ2) is 5.17. The number of nitrogens with zero attached hydrogens (tertiary/aromatic N) is 2. The minimum absolute atomic E-state index is 0.0509. The fraction of sp³-hybridized carbons (Fsp3) is 0.286. The fourth-order valence-corrected chi connectivity index (χ4v) is 2.32. The van der Waals surface area contributed by atoms with E-state index in [1.807, 2.05) is 17.0 Å². The summed E-state index contributed by atoms with van der Waals surface area (Å²) in [7, 11) is 0. The van der Waals surface area contributed by atoms with Gasteiger partial charge in [-0.05, 0) is 58.6 Å². The van der Waals surface area contributed by atoms with Gasteiger partial charge in [-0.3, -0.25) is 9.78 Å². The summed E-state index contributed by atoms with van der Waals surface area (Å²) >= 11 is 3.22. The van der Waals surface area contributed by atoms with Gasteiger partial charge in [0.2, 0.25) is 0 Å². The van der Waals surface area contributed by atoms with Crippen LogP contribution in [0.1, 0.15) is 29.0 Å². The van der Waals surface area contributed by atoms with Crippen LogP contribution >= 0.6 is 15.9 Å². The Labute approximate surface area is 119 Å². The zero-order chi connectivity index (χ0) is 13.2. The van der Waals surface area contributed by atoms with Gasteiger partial charge in [0.25, 0.3) is 5.91 Å². The van der Waals surface area contributed by atoms with E-state index in [2.05, 4.69) is 20.9 Å². The molecule has 3 rings (SSSR count). The van der Waals surface area contributed by atoms with E-state index < -0.39 is 0 Å². The first kappa shape index (κ1) is 12.4. The minimum atomic E-state index is -0.0509. The Morgan fingerprint density at radius 2 is 2.05 bits per heavy atom. The maximum absolute atomic E-state index is 12.4. The first-order valence-corrected chi connectivity index (χ1v) is 6.98. The van der Waals surface area contributed by atoms with E-state index >= 15 is 0 Å². The first-order chi connectivity index (χ1) is 9.24. The van der Waals surface area contributed by atoms with Crippen molar-refractivity contribution in [3.8, 4) is 0 Å². The number of halogens is 1. The molecule has 98 valence electrons. The molecular formula is C14H13BrN2O2. The summed E-state index contributed by atoms with van der Waals surface area (Å²) in [6.45, 7) is 0.602. The Morgan fingerprint density at radius 1 is 1.32 bits per heavy atom. The standard InChI is InChI=1S/C14H13BrN2O2/c15-13-4-3-12(19-13)14(18)17(11-1-2-11)9-10-5-7-16-8-6-10/h3-8,11H,1-2,9H2. The highest BCUT2D eigenvalue weighted by Gasteiger charge is 2.34. The van der Waals surface area contributed by atoms with Crippen LogP contribution in [0.5, 0.6) is 0 Å². The number of aromatic nitrogens is 1. The van der Waals surface area contributed by atoms with Crippen LogP contribution in [0.2, 0.25) is 0 Å². The van der Waals surface area contributed by atoms with Crippen molar-refractivity contribution in [2.24, 2.45) is 0 Å². The number of furan rings is 1. The molecule has 0 radical (unpaired) electrons. The number of hydrogen-bond donors (Lipinski definition) is 0. The Kier molecular flexibility index (Phi) is 3.38. The van der Waals surface area contributed by atoms with Gasteiger partial charge >= 0.3 is 0 Å². The average Bonchev–Trinajstić information content (AvgIpc) is 3.18. The van der Waals surface area contributed by atoms with Gasteiger partial charge in [0, 0.05) is 25.0 Å². The number of hydrogen-bond acceptors (Lipinski definition) is 3. The zero-order valence-corrected chi connectivity index (χ0v) is 11.8. The van der Waals surface area contributed by atoms with Crippen LogP contribution in [0.4, 0.5) is 0 Å². The molecule has 0 aliphatic heterocycles. The highest BCUT2D eigenvalue weighted by Crippen LogP contribution is 2.30. The van der Waals surface area contributed by atoms with Crippen molar-refractivity contribution in [1.29, 1.82) is 0 Å². The predicted molar refractivity (Wildman–Crippen MR) is 73.5 cm³/mol. The summed E-state index contributed by atoms with van der Waals surface area (Å²) < 4.78 is 5.93. The van der Waals surface area contributed by atoms with E-state index in [0.717, 1.165) is 18.4 Å². The van der Waals surface area contributed by atoms with Gasteiger partial charge in [-0.15, -0.1) is 0 Å². The molecule has 2 heterocycles. The lowest BCUT2D eigenvalue weighted by molar-refractivity contribution is 0.0696. The Hall–Kier alpha value is -1.62. The van der Waals surface area contributed by atoms with Gasteiger partial charge in [0.15, 0.2) is 10.4 Å². The van der Waals surface area contributed by atoms with Crippen molar-refractivity contribution in [2.75, 3.05) is 0 Å². The lowest BCUT2D eigenvalue weighted by atomic mass is 10.2. The van der Waals surface area contributed by atoms with Crippen LogP contribution in [0, 0.1) is 0 Å². The molecule has 0 bridgehead atoms. The predicted octanol–water partition coefficient (Wildman–Crippen LogP) is 3.24. The van der Waals surface area contributed by atoms with Crippen LogP contribution in [0.25, 0.3) is 0 Å². The largest absolute Gasteiger partial charge is 0.444 e. The molecule has 0 unspecified atom stereocenters. The smallest absolute Gasteiger partial charge is 0.290 e. The van der Waals surface area contributed by atoms with Crippen LogP contribution in [0.3, 0.4) is 0 Å². The molecule has 1 fully saturated rings. The average molecular weight is 321 g/mol. The third-order valence-electron chi connectivity index (χ3n) is 3.13. The van der Waals surface area contributed by atoms with E-state index in [9.17, 15) is 4.79 Å². The van der Waals surface area contributed by atoms with Gasteiger partial charge in [0.05, 0.1) is 0 Å². The molecule has 0 saturated heterocycles. The molecule has 5 heteroatoms.